The molecule has 4 heteroatoms. The minimum absolute atomic E-state index is 0.102. The molecule has 3 aromatic rings. The van der Waals surface area contributed by atoms with Crippen molar-refractivity contribution in [3.8, 4) is 0 Å². The van der Waals surface area contributed by atoms with Crippen molar-refractivity contribution in [3.63, 3.8) is 0 Å². The van der Waals surface area contributed by atoms with Crippen LogP contribution in [-0.4, -0.2) is 16.1 Å². The SMILES string of the molecule is Cc1cnc(NCC(c2ccccc2)c2ccccc2)c(=O)n1C. The van der Waals surface area contributed by atoms with E-state index in [1.165, 1.54) is 11.1 Å². The zero-order valence-corrected chi connectivity index (χ0v) is 13.9. The number of hydrogen-bond donors (Lipinski definition) is 1. The van der Waals surface area contributed by atoms with E-state index in [0.717, 1.165) is 5.69 Å². The summed E-state index contributed by atoms with van der Waals surface area (Å²) in [5, 5.41) is 3.23. The first-order valence-electron chi connectivity index (χ1n) is 8.03. The fourth-order valence-corrected chi connectivity index (χ4v) is 2.74. The molecule has 0 saturated heterocycles. The van der Waals surface area contributed by atoms with E-state index >= 15 is 0 Å². The van der Waals surface area contributed by atoms with Gasteiger partial charge in [0.1, 0.15) is 0 Å². The van der Waals surface area contributed by atoms with Crippen LogP contribution in [0.3, 0.4) is 0 Å². The summed E-state index contributed by atoms with van der Waals surface area (Å²) in [6.45, 7) is 2.48. The fraction of sp³-hybridized carbons (Fsp3) is 0.200. The second kappa shape index (κ2) is 7.13. The molecule has 122 valence electrons. The van der Waals surface area contributed by atoms with Gasteiger partial charge in [-0.15, -0.1) is 0 Å². The number of aryl methyl sites for hydroxylation is 1. The Labute approximate surface area is 141 Å². The average Bonchev–Trinajstić information content (AvgIpc) is 2.63. The first-order valence-corrected chi connectivity index (χ1v) is 8.03. The van der Waals surface area contributed by atoms with E-state index in [0.29, 0.717) is 12.4 Å². The highest BCUT2D eigenvalue weighted by Crippen LogP contribution is 2.24. The van der Waals surface area contributed by atoms with Gasteiger partial charge in [0.25, 0.3) is 5.56 Å². The lowest BCUT2D eigenvalue weighted by Gasteiger charge is -2.19. The number of hydrogen-bond acceptors (Lipinski definition) is 3. The number of nitrogens with zero attached hydrogens (tertiary/aromatic N) is 2. The summed E-state index contributed by atoms with van der Waals surface area (Å²) >= 11 is 0. The molecule has 0 fully saturated rings. The third kappa shape index (κ3) is 3.38. The van der Waals surface area contributed by atoms with Crippen LogP contribution in [0.4, 0.5) is 5.82 Å². The van der Waals surface area contributed by atoms with Crippen LogP contribution in [0, 0.1) is 6.92 Å². The van der Waals surface area contributed by atoms with Crippen molar-refractivity contribution in [3.05, 3.63) is 94.0 Å². The predicted octanol–water partition coefficient (Wildman–Crippen LogP) is 3.33. The average molecular weight is 319 g/mol. The largest absolute Gasteiger partial charge is 0.365 e. The minimum Gasteiger partial charge on any atom is -0.365 e. The summed E-state index contributed by atoms with van der Waals surface area (Å²) < 4.78 is 1.61. The lowest BCUT2D eigenvalue weighted by molar-refractivity contribution is 0.788. The summed E-state index contributed by atoms with van der Waals surface area (Å²) in [6.07, 6.45) is 1.71. The second-order valence-electron chi connectivity index (χ2n) is 5.87. The third-order valence-electron chi connectivity index (χ3n) is 4.29. The molecular formula is C20H21N3O. The van der Waals surface area contributed by atoms with Crippen LogP contribution in [0.25, 0.3) is 0 Å². The number of benzene rings is 2. The van der Waals surface area contributed by atoms with Gasteiger partial charge in [-0.3, -0.25) is 4.79 Å². The van der Waals surface area contributed by atoms with Gasteiger partial charge in [-0.1, -0.05) is 60.7 Å². The van der Waals surface area contributed by atoms with Crippen LogP contribution < -0.4 is 10.9 Å². The zero-order chi connectivity index (χ0) is 16.9. The maximum absolute atomic E-state index is 12.3. The van der Waals surface area contributed by atoms with E-state index < -0.39 is 0 Å². The monoisotopic (exact) mass is 319 g/mol. The normalized spacial score (nSPS) is 10.8. The number of nitrogens with one attached hydrogen (secondary N) is 1. The van der Waals surface area contributed by atoms with Gasteiger partial charge in [-0.25, -0.2) is 4.98 Å². The van der Waals surface area contributed by atoms with Crippen LogP contribution in [-0.2, 0) is 7.05 Å². The molecule has 0 aliphatic heterocycles. The molecule has 0 aliphatic carbocycles. The van der Waals surface area contributed by atoms with Crippen molar-refractivity contribution in [1.82, 2.24) is 9.55 Å². The number of rotatable bonds is 5. The van der Waals surface area contributed by atoms with Gasteiger partial charge in [-0.05, 0) is 18.1 Å². The van der Waals surface area contributed by atoms with E-state index in [1.807, 2.05) is 43.3 Å². The predicted molar refractivity (Wildman–Crippen MR) is 97.4 cm³/mol. The number of aromatic nitrogens is 2. The Hall–Kier alpha value is -2.88. The van der Waals surface area contributed by atoms with Crippen molar-refractivity contribution in [2.45, 2.75) is 12.8 Å². The Bertz CT molecular complexity index is 818. The van der Waals surface area contributed by atoms with Crippen molar-refractivity contribution in [2.75, 3.05) is 11.9 Å². The molecule has 0 amide bonds. The molecule has 0 bridgehead atoms. The Balaban J connectivity index is 1.89. The summed E-state index contributed by atoms with van der Waals surface area (Å²) in [6, 6.07) is 20.6. The zero-order valence-electron chi connectivity index (χ0n) is 13.9. The Morgan fingerprint density at radius 2 is 1.54 bits per heavy atom. The maximum atomic E-state index is 12.3. The molecule has 1 aromatic heterocycles. The highest BCUT2D eigenvalue weighted by molar-refractivity contribution is 5.38. The van der Waals surface area contributed by atoms with Crippen LogP contribution in [0.5, 0.6) is 0 Å². The molecule has 0 spiro atoms. The van der Waals surface area contributed by atoms with Crippen LogP contribution in [0.15, 0.2) is 71.7 Å². The molecule has 0 radical (unpaired) electrons. The molecule has 0 saturated carbocycles. The molecule has 1 heterocycles. The van der Waals surface area contributed by atoms with Gasteiger partial charge in [0, 0.05) is 31.4 Å². The lowest BCUT2D eigenvalue weighted by atomic mass is 9.91. The Morgan fingerprint density at radius 3 is 2.08 bits per heavy atom. The summed E-state index contributed by atoms with van der Waals surface area (Å²) in [7, 11) is 1.76. The van der Waals surface area contributed by atoms with Gasteiger partial charge in [-0.2, -0.15) is 0 Å². The van der Waals surface area contributed by atoms with Crippen molar-refractivity contribution in [2.24, 2.45) is 7.05 Å². The number of anilines is 1. The highest BCUT2D eigenvalue weighted by atomic mass is 16.1. The van der Waals surface area contributed by atoms with E-state index in [1.54, 1.807) is 17.8 Å². The molecule has 2 aromatic carbocycles. The lowest BCUT2D eigenvalue weighted by Crippen LogP contribution is -2.26. The van der Waals surface area contributed by atoms with Crippen LogP contribution in [0.2, 0.25) is 0 Å². The highest BCUT2D eigenvalue weighted by Gasteiger charge is 2.15. The Morgan fingerprint density at radius 1 is 1.00 bits per heavy atom. The molecule has 24 heavy (non-hydrogen) atoms. The van der Waals surface area contributed by atoms with Crippen molar-refractivity contribution < 1.29 is 0 Å². The summed E-state index contributed by atoms with van der Waals surface area (Å²) in [5.74, 6) is 0.542. The minimum atomic E-state index is -0.102. The molecule has 4 nitrogen and oxygen atoms in total. The van der Waals surface area contributed by atoms with Gasteiger partial charge in [0.15, 0.2) is 5.82 Å². The fourth-order valence-electron chi connectivity index (χ4n) is 2.74. The van der Waals surface area contributed by atoms with Gasteiger partial charge < -0.3 is 9.88 Å². The molecule has 0 unspecified atom stereocenters. The third-order valence-corrected chi connectivity index (χ3v) is 4.29. The van der Waals surface area contributed by atoms with E-state index in [-0.39, 0.29) is 11.5 Å². The topological polar surface area (TPSA) is 46.9 Å². The van der Waals surface area contributed by atoms with Gasteiger partial charge in [0.05, 0.1) is 0 Å². The standard InChI is InChI=1S/C20H21N3O/c1-15-13-21-19(20(24)23(15)2)22-14-18(16-9-5-3-6-10-16)17-11-7-4-8-12-17/h3-13,18H,14H2,1-2H3,(H,21,22). The smallest absolute Gasteiger partial charge is 0.293 e. The second-order valence-corrected chi connectivity index (χ2v) is 5.87. The Kier molecular flexibility index (Phi) is 4.75. The molecule has 0 aliphatic rings. The summed E-state index contributed by atoms with van der Waals surface area (Å²) in [4.78, 5) is 16.6. The van der Waals surface area contributed by atoms with E-state index in [4.69, 9.17) is 0 Å². The summed E-state index contributed by atoms with van der Waals surface area (Å²) in [5.41, 5.74) is 3.16. The molecule has 1 N–H and O–H groups in total. The first kappa shape index (κ1) is 16.0. The molecule has 3 rings (SSSR count). The van der Waals surface area contributed by atoms with Crippen molar-refractivity contribution in [1.29, 1.82) is 0 Å². The molecular weight excluding hydrogens is 298 g/mol. The van der Waals surface area contributed by atoms with E-state index in [2.05, 4.69) is 34.6 Å². The first-order chi connectivity index (χ1) is 11.7. The van der Waals surface area contributed by atoms with Crippen LogP contribution >= 0.6 is 0 Å². The van der Waals surface area contributed by atoms with E-state index in [9.17, 15) is 4.79 Å². The van der Waals surface area contributed by atoms with Crippen molar-refractivity contribution >= 4 is 5.82 Å². The van der Waals surface area contributed by atoms with Gasteiger partial charge >= 0.3 is 0 Å². The van der Waals surface area contributed by atoms with Gasteiger partial charge in [0.2, 0.25) is 0 Å². The quantitative estimate of drug-likeness (QED) is 0.784. The molecule has 0 atom stereocenters. The van der Waals surface area contributed by atoms with Crippen LogP contribution in [0.1, 0.15) is 22.7 Å². The maximum Gasteiger partial charge on any atom is 0.293 e.